The van der Waals surface area contributed by atoms with E-state index < -0.39 is 7.12 Å². The molecule has 0 atom stereocenters. The van der Waals surface area contributed by atoms with E-state index in [1.165, 1.54) is 0 Å². The van der Waals surface area contributed by atoms with Gasteiger partial charge >= 0.3 is 7.12 Å². The number of hydrogen-bond donors (Lipinski definition) is 2. The van der Waals surface area contributed by atoms with Crippen molar-refractivity contribution in [3.8, 4) is 0 Å². The Labute approximate surface area is 83.6 Å². The van der Waals surface area contributed by atoms with Gasteiger partial charge in [-0.2, -0.15) is 0 Å². The molecule has 1 rings (SSSR count). The molecule has 72 valence electrons. The predicted octanol–water partition coefficient (Wildman–Crippen LogP) is 0.650. The molecule has 0 saturated heterocycles. The van der Waals surface area contributed by atoms with Crippen LogP contribution in [0.2, 0.25) is 0 Å². The number of hydrogen-bond acceptors (Lipinski definition) is 3. The zero-order chi connectivity index (χ0) is 10.7. The maximum atomic E-state index is 9.08. The van der Waals surface area contributed by atoms with Crippen LogP contribution < -0.4 is 5.46 Å². The lowest BCUT2D eigenvalue weighted by Gasteiger charge is -2.10. The van der Waals surface area contributed by atoms with Crippen LogP contribution in [0.3, 0.4) is 0 Å². The van der Waals surface area contributed by atoms with Crippen LogP contribution in [0.15, 0.2) is 23.7 Å². The average Bonchev–Trinajstić information content (AvgIpc) is 2.16. The molecule has 0 aliphatic heterocycles. The summed E-state index contributed by atoms with van der Waals surface area (Å²) in [5.41, 5.74) is 2.59. The summed E-state index contributed by atoms with van der Waals surface area (Å²) in [6.07, 6.45) is 1.63. The molecular weight excluding hydrogens is 177 g/mol. The molecule has 1 aromatic rings. The summed E-state index contributed by atoms with van der Waals surface area (Å²) in [5, 5.41) is 18.2. The molecule has 2 N–H and O–H groups in total. The lowest BCUT2D eigenvalue weighted by Crippen LogP contribution is -2.30. The third-order valence-electron chi connectivity index (χ3n) is 2.11. The number of nitrogens with zero attached hydrogens (tertiary/aromatic N) is 1. The fourth-order valence-corrected chi connectivity index (χ4v) is 1.37. The molecule has 0 aliphatic carbocycles. The Hall–Kier alpha value is -1.39. The van der Waals surface area contributed by atoms with Crippen molar-refractivity contribution in [3.05, 3.63) is 29.8 Å². The largest absolute Gasteiger partial charge is 0.490 e. The average molecular weight is 189 g/mol. The molecule has 1 aromatic carbocycles. The number of aliphatic imine (C=N–C) groups is 1. The number of benzene rings is 1. The maximum absolute atomic E-state index is 9.08. The minimum atomic E-state index is -1.53. The third-order valence-corrected chi connectivity index (χ3v) is 2.11. The Balaban J connectivity index is 3.48. The lowest BCUT2D eigenvalue weighted by atomic mass is 9.77. The number of rotatable bonds is 3. The third kappa shape index (κ3) is 1.76. The summed E-state index contributed by atoms with van der Waals surface area (Å²) in [7, 11) is -1.53. The van der Waals surface area contributed by atoms with E-state index in [4.69, 9.17) is 10.0 Å². The standard InChI is InChI=1S/C10H12BNO2/c1-4-8-7(2)5-6-9(11(13)14)10(8)12-3/h4-6,13-14H,1,3H2,2H3. The van der Waals surface area contributed by atoms with Crippen LogP contribution >= 0.6 is 0 Å². The summed E-state index contributed by atoms with van der Waals surface area (Å²) in [6.45, 7) is 8.96. The SMILES string of the molecule is C=Cc1c(C)ccc(B(O)O)c1N=C. The van der Waals surface area contributed by atoms with Crippen molar-refractivity contribution < 1.29 is 10.0 Å². The molecule has 0 radical (unpaired) electrons. The Morgan fingerprint density at radius 3 is 2.50 bits per heavy atom. The second-order valence-corrected chi connectivity index (χ2v) is 2.97. The fourth-order valence-electron chi connectivity index (χ4n) is 1.37. The first-order valence-corrected chi connectivity index (χ1v) is 4.20. The maximum Gasteiger partial charge on any atom is 0.490 e. The minimum Gasteiger partial charge on any atom is -0.423 e. The molecular formula is C10H12BNO2. The predicted molar refractivity (Wildman–Crippen MR) is 60.3 cm³/mol. The first kappa shape index (κ1) is 10.7. The highest BCUT2D eigenvalue weighted by Gasteiger charge is 2.17. The molecule has 0 unspecified atom stereocenters. The van der Waals surface area contributed by atoms with E-state index in [1.54, 1.807) is 18.2 Å². The smallest absolute Gasteiger partial charge is 0.423 e. The van der Waals surface area contributed by atoms with Crippen LogP contribution in [0, 0.1) is 6.92 Å². The van der Waals surface area contributed by atoms with Crippen molar-refractivity contribution in [1.82, 2.24) is 0 Å². The van der Waals surface area contributed by atoms with Gasteiger partial charge in [0.15, 0.2) is 0 Å². The molecule has 0 aromatic heterocycles. The quantitative estimate of drug-likeness (QED) is 0.541. The van der Waals surface area contributed by atoms with Crippen LogP contribution in [-0.2, 0) is 0 Å². The fraction of sp³-hybridized carbons (Fsp3) is 0.100. The number of aryl methyl sites for hydroxylation is 1. The highest BCUT2D eigenvalue weighted by atomic mass is 16.4. The Morgan fingerprint density at radius 2 is 2.07 bits per heavy atom. The summed E-state index contributed by atoms with van der Waals surface area (Å²) in [5.74, 6) is 0. The molecule has 0 spiro atoms. The van der Waals surface area contributed by atoms with Gasteiger partial charge in [-0.25, -0.2) is 0 Å². The van der Waals surface area contributed by atoms with E-state index in [9.17, 15) is 0 Å². The molecule has 14 heavy (non-hydrogen) atoms. The first-order chi connectivity index (χ1) is 6.61. The summed E-state index contributed by atoms with van der Waals surface area (Å²) in [6, 6.07) is 3.41. The highest BCUT2D eigenvalue weighted by molar-refractivity contribution is 6.60. The summed E-state index contributed by atoms with van der Waals surface area (Å²) >= 11 is 0. The Kier molecular flexibility index (Phi) is 3.22. The van der Waals surface area contributed by atoms with Gasteiger partial charge in [0.05, 0.1) is 5.69 Å². The summed E-state index contributed by atoms with van der Waals surface area (Å²) < 4.78 is 0. The van der Waals surface area contributed by atoms with Crippen molar-refractivity contribution in [2.24, 2.45) is 4.99 Å². The Bertz CT molecular complexity index is 375. The monoisotopic (exact) mass is 189 g/mol. The molecule has 4 heteroatoms. The normalized spacial score (nSPS) is 9.64. The van der Waals surface area contributed by atoms with Crippen LogP contribution in [0.4, 0.5) is 5.69 Å². The van der Waals surface area contributed by atoms with Crippen LogP contribution in [0.25, 0.3) is 6.08 Å². The van der Waals surface area contributed by atoms with Crippen LogP contribution in [-0.4, -0.2) is 23.9 Å². The van der Waals surface area contributed by atoms with Gasteiger partial charge in [-0.05, 0) is 19.2 Å². The van der Waals surface area contributed by atoms with E-state index in [-0.39, 0.29) is 0 Å². The molecule has 0 amide bonds. The second kappa shape index (κ2) is 4.22. The van der Waals surface area contributed by atoms with Gasteiger partial charge < -0.3 is 10.0 Å². The van der Waals surface area contributed by atoms with Gasteiger partial charge in [0.25, 0.3) is 0 Å². The van der Waals surface area contributed by atoms with Gasteiger partial charge in [-0.15, -0.1) is 0 Å². The molecule has 0 aliphatic rings. The molecule has 0 bridgehead atoms. The summed E-state index contributed by atoms with van der Waals surface area (Å²) in [4.78, 5) is 3.78. The van der Waals surface area contributed by atoms with E-state index in [0.29, 0.717) is 11.2 Å². The van der Waals surface area contributed by atoms with Gasteiger partial charge in [0.1, 0.15) is 0 Å². The van der Waals surface area contributed by atoms with Crippen molar-refractivity contribution in [3.63, 3.8) is 0 Å². The van der Waals surface area contributed by atoms with Gasteiger partial charge in [-0.1, -0.05) is 24.8 Å². The van der Waals surface area contributed by atoms with E-state index in [1.807, 2.05) is 6.92 Å². The van der Waals surface area contributed by atoms with Crippen molar-refractivity contribution in [1.29, 1.82) is 0 Å². The highest BCUT2D eigenvalue weighted by Crippen LogP contribution is 2.21. The van der Waals surface area contributed by atoms with Crippen molar-refractivity contribution in [2.75, 3.05) is 0 Å². The zero-order valence-corrected chi connectivity index (χ0v) is 8.07. The van der Waals surface area contributed by atoms with Crippen molar-refractivity contribution >= 4 is 31.1 Å². The van der Waals surface area contributed by atoms with E-state index in [0.717, 1.165) is 11.1 Å². The van der Waals surface area contributed by atoms with E-state index in [2.05, 4.69) is 18.3 Å². The topological polar surface area (TPSA) is 52.8 Å². The van der Waals surface area contributed by atoms with Gasteiger partial charge in [-0.3, -0.25) is 4.99 Å². The molecule has 0 saturated carbocycles. The zero-order valence-electron chi connectivity index (χ0n) is 8.07. The molecule has 3 nitrogen and oxygen atoms in total. The van der Waals surface area contributed by atoms with Gasteiger partial charge in [0.2, 0.25) is 0 Å². The van der Waals surface area contributed by atoms with Crippen molar-refractivity contribution in [2.45, 2.75) is 6.92 Å². The Morgan fingerprint density at radius 1 is 1.43 bits per heavy atom. The van der Waals surface area contributed by atoms with Crippen LogP contribution in [0.5, 0.6) is 0 Å². The molecule has 0 fully saturated rings. The van der Waals surface area contributed by atoms with Crippen LogP contribution in [0.1, 0.15) is 11.1 Å². The molecule has 0 heterocycles. The van der Waals surface area contributed by atoms with Gasteiger partial charge in [0, 0.05) is 11.0 Å². The second-order valence-electron chi connectivity index (χ2n) is 2.97. The first-order valence-electron chi connectivity index (χ1n) is 4.20. The minimum absolute atomic E-state index is 0.348. The lowest BCUT2D eigenvalue weighted by molar-refractivity contribution is 0.426. The van der Waals surface area contributed by atoms with E-state index >= 15 is 0 Å².